The number of rotatable bonds is 12. The highest BCUT2D eigenvalue weighted by atomic mass is 15.2. The van der Waals surface area contributed by atoms with Crippen LogP contribution in [0.5, 0.6) is 0 Å². The molecule has 5 aromatic heterocycles. The Kier molecular flexibility index (Phi) is 13.7. The van der Waals surface area contributed by atoms with Crippen molar-refractivity contribution in [2.75, 3.05) is 9.80 Å². The molecular formula is C78H66N8. The maximum Gasteiger partial charge on any atom is 0.137 e. The molecule has 8 nitrogen and oxygen atoms in total. The molecule has 0 N–H and O–H groups in total. The molecular weight excluding hydrogens is 1050 g/mol. The molecule has 13 aromatic rings. The van der Waals surface area contributed by atoms with Gasteiger partial charge >= 0.3 is 0 Å². The van der Waals surface area contributed by atoms with Gasteiger partial charge in [-0.15, -0.1) is 0 Å². The van der Waals surface area contributed by atoms with Gasteiger partial charge in [0.2, 0.25) is 0 Å². The predicted molar refractivity (Wildman–Crippen MR) is 357 cm³/mol. The van der Waals surface area contributed by atoms with Crippen molar-refractivity contribution in [2.45, 2.75) is 64.8 Å². The molecule has 8 heteroatoms. The average Bonchev–Trinajstić information content (AvgIpc) is 1.28. The second-order valence-electron chi connectivity index (χ2n) is 24.5. The number of pyridine rings is 2. The molecule has 1 unspecified atom stereocenters. The summed E-state index contributed by atoms with van der Waals surface area (Å²) in [5, 5.41) is 0. The fourth-order valence-corrected chi connectivity index (χ4v) is 11.9. The van der Waals surface area contributed by atoms with Gasteiger partial charge in [0, 0.05) is 86.6 Å². The molecule has 1 aliphatic rings. The molecule has 0 bridgehead atoms. The highest BCUT2D eigenvalue weighted by molar-refractivity contribution is 6.03. The van der Waals surface area contributed by atoms with Gasteiger partial charge in [0.15, 0.2) is 0 Å². The van der Waals surface area contributed by atoms with Gasteiger partial charge < -0.3 is 18.6 Å². The van der Waals surface area contributed by atoms with Gasteiger partial charge in [-0.1, -0.05) is 205 Å². The first-order valence-corrected chi connectivity index (χ1v) is 29.7. The molecule has 1 aliphatic carbocycles. The molecule has 86 heavy (non-hydrogen) atoms. The van der Waals surface area contributed by atoms with E-state index < -0.39 is 0 Å². The van der Waals surface area contributed by atoms with E-state index in [1.54, 1.807) is 0 Å². The number of aromatic nitrogens is 6. The number of para-hydroxylation sites is 1. The summed E-state index contributed by atoms with van der Waals surface area (Å²) in [6.07, 6.45) is 18.0. The molecule has 5 heterocycles. The minimum absolute atomic E-state index is 0.00528. The number of nitrogens with zero attached hydrogens (tertiary/aromatic N) is 8. The van der Waals surface area contributed by atoms with Crippen LogP contribution in [-0.2, 0) is 10.8 Å². The van der Waals surface area contributed by atoms with E-state index in [2.05, 4.69) is 285 Å². The Bertz CT molecular complexity index is 4570. The van der Waals surface area contributed by atoms with Gasteiger partial charge in [-0.2, -0.15) is 0 Å². The average molecular weight is 1120 g/mol. The molecule has 1 atom stereocenters. The molecule has 418 valence electrons. The molecule has 0 aliphatic heterocycles. The molecule has 0 amide bonds. The third-order valence-electron chi connectivity index (χ3n) is 16.7. The Morgan fingerprint density at radius 2 is 0.767 bits per heavy atom. The van der Waals surface area contributed by atoms with Gasteiger partial charge in [0.05, 0.1) is 39.9 Å². The minimum Gasteiger partial charge on any atom is -0.334 e. The zero-order valence-corrected chi connectivity index (χ0v) is 49.3. The Morgan fingerprint density at radius 1 is 0.372 bits per heavy atom. The highest BCUT2D eigenvalue weighted by Gasteiger charge is 2.25. The van der Waals surface area contributed by atoms with Crippen molar-refractivity contribution in [1.29, 1.82) is 0 Å². The second-order valence-corrected chi connectivity index (χ2v) is 24.5. The Labute approximate surface area is 503 Å². The Hall–Kier alpha value is -10.4. The fraction of sp³-hybridized carbons (Fsp3) is 0.128. The summed E-state index contributed by atoms with van der Waals surface area (Å²) >= 11 is 0. The van der Waals surface area contributed by atoms with E-state index in [1.807, 2.05) is 48.8 Å². The lowest BCUT2D eigenvalue weighted by Crippen LogP contribution is -2.29. The van der Waals surface area contributed by atoms with Crippen molar-refractivity contribution >= 4 is 50.8 Å². The second kappa shape index (κ2) is 22.0. The lowest BCUT2D eigenvalue weighted by atomic mass is 9.85. The van der Waals surface area contributed by atoms with E-state index in [0.717, 1.165) is 124 Å². The van der Waals surface area contributed by atoms with E-state index in [4.69, 9.17) is 19.9 Å². The van der Waals surface area contributed by atoms with Crippen LogP contribution in [0.25, 0.3) is 89.6 Å². The first-order chi connectivity index (χ1) is 41.9. The van der Waals surface area contributed by atoms with E-state index in [0.29, 0.717) is 0 Å². The zero-order chi connectivity index (χ0) is 58.5. The molecule has 14 rings (SSSR count). The topological polar surface area (TPSA) is 66.9 Å². The number of allylic oxidation sites excluding steroid dienone is 2. The largest absolute Gasteiger partial charge is 0.334 e. The van der Waals surface area contributed by atoms with Crippen LogP contribution in [0.1, 0.15) is 59.1 Å². The van der Waals surface area contributed by atoms with Crippen LogP contribution in [0.15, 0.2) is 274 Å². The Morgan fingerprint density at radius 3 is 1.17 bits per heavy atom. The number of hydrogen-bond acceptors (Lipinski definition) is 6. The number of fused-ring (bicyclic) bond motifs is 3. The van der Waals surface area contributed by atoms with Gasteiger partial charge in [-0.25, -0.2) is 19.9 Å². The molecule has 0 saturated heterocycles. The molecule has 0 radical (unpaired) electrons. The summed E-state index contributed by atoms with van der Waals surface area (Å²) in [6.45, 7) is 13.6. The predicted octanol–water partition coefficient (Wildman–Crippen LogP) is 20.0. The van der Waals surface area contributed by atoms with Crippen molar-refractivity contribution in [3.63, 3.8) is 0 Å². The van der Waals surface area contributed by atoms with Gasteiger partial charge in [-0.3, -0.25) is 0 Å². The van der Waals surface area contributed by atoms with Crippen molar-refractivity contribution in [3.05, 3.63) is 285 Å². The quantitative estimate of drug-likeness (QED) is 0.121. The first kappa shape index (κ1) is 53.6. The van der Waals surface area contributed by atoms with Crippen LogP contribution in [0.3, 0.4) is 0 Å². The standard InChI is InChI=1S/C78H66N8/c1-77(2,3)59-35-23-53(24-36-59)67-47-48-68(54-25-37-60(38-26-54)78(4,5)6)76-75(67)81-73(57-31-43-65(44-32-57)85(61-17-9-7-10-18-61)63-39-27-55(28-40-63)69-51-83-49-15-13-21-71(83)79-69)74(82-76)58-33-45-66(46-34-58)86(62-19-11-8-12-20-62)64-41-29-56(30-42-64)70-52-84-50-16-14-22-72(84)80-70/h7-19,21-52,62H,20H2,1-6H3. The van der Waals surface area contributed by atoms with Crippen molar-refractivity contribution in [2.24, 2.45) is 0 Å². The lowest BCUT2D eigenvalue weighted by Gasteiger charge is -2.33. The third kappa shape index (κ3) is 10.4. The summed E-state index contributed by atoms with van der Waals surface area (Å²) in [6, 6.07) is 80.6. The van der Waals surface area contributed by atoms with Gasteiger partial charge in [0.1, 0.15) is 11.3 Å². The smallest absolute Gasteiger partial charge is 0.137 e. The van der Waals surface area contributed by atoms with E-state index in [1.165, 1.54) is 11.1 Å². The summed E-state index contributed by atoms with van der Waals surface area (Å²) in [4.78, 5) is 26.3. The maximum absolute atomic E-state index is 5.87. The summed E-state index contributed by atoms with van der Waals surface area (Å²) in [7, 11) is 0. The summed E-state index contributed by atoms with van der Waals surface area (Å²) < 4.78 is 4.13. The van der Waals surface area contributed by atoms with Crippen molar-refractivity contribution < 1.29 is 0 Å². The molecule has 0 saturated carbocycles. The van der Waals surface area contributed by atoms with Crippen LogP contribution in [0, 0.1) is 0 Å². The molecule has 0 spiro atoms. The Balaban J connectivity index is 0.909. The van der Waals surface area contributed by atoms with Crippen LogP contribution < -0.4 is 9.80 Å². The lowest BCUT2D eigenvalue weighted by molar-refractivity contribution is 0.590. The minimum atomic E-state index is 0.00528. The monoisotopic (exact) mass is 1110 g/mol. The number of anilines is 5. The highest BCUT2D eigenvalue weighted by Crippen LogP contribution is 2.43. The van der Waals surface area contributed by atoms with Crippen LogP contribution in [0.2, 0.25) is 0 Å². The van der Waals surface area contributed by atoms with Crippen LogP contribution in [-0.4, -0.2) is 34.8 Å². The zero-order valence-electron chi connectivity index (χ0n) is 49.3. The van der Waals surface area contributed by atoms with Crippen LogP contribution >= 0.6 is 0 Å². The number of benzene rings is 8. The van der Waals surface area contributed by atoms with Gasteiger partial charge in [0.25, 0.3) is 0 Å². The fourth-order valence-electron chi connectivity index (χ4n) is 11.9. The van der Waals surface area contributed by atoms with Gasteiger partial charge in [-0.05, 0) is 124 Å². The molecule has 8 aromatic carbocycles. The number of hydrogen-bond donors (Lipinski definition) is 0. The van der Waals surface area contributed by atoms with E-state index in [9.17, 15) is 0 Å². The third-order valence-corrected chi connectivity index (χ3v) is 16.7. The number of imidazole rings is 2. The van der Waals surface area contributed by atoms with E-state index in [-0.39, 0.29) is 16.9 Å². The van der Waals surface area contributed by atoms with Crippen molar-refractivity contribution in [1.82, 2.24) is 28.7 Å². The van der Waals surface area contributed by atoms with E-state index >= 15 is 0 Å². The maximum atomic E-state index is 5.87. The normalized spacial score (nSPS) is 13.4. The van der Waals surface area contributed by atoms with Crippen molar-refractivity contribution in [3.8, 4) is 67.3 Å². The van der Waals surface area contributed by atoms with Crippen LogP contribution in [0.4, 0.5) is 28.4 Å². The SMILES string of the molecule is CC(C)(C)c1ccc(-c2ccc(-c3ccc(C(C)(C)C)cc3)c3nc(-c4ccc(N(c5ccc(-c6cn7ccccc7n6)cc5)C5C=CC=CC5)cc4)c(-c4ccc(N(c5ccccc5)c5ccc(-c6cn7ccccc7n6)cc5)cc4)nc23)cc1. The first-order valence-electron chi connectivity index (χ1n) is 29.7. The summed E-state index contributed by atoms with van der Waals surface area (Å²) in [5.41, 5.74) is 23.1. The summed E-state index contributed by atoms with van der Waals surface area (Å²) in [5.74, 6) is 0. The molecule has 0 fully saturated rings.